The lowest BCUT2D eigenvalue weighted by Gasteiger charge is -2.35. The molecule has 1 aliphatic rings. The van der Waals surface area contributed by atoms with Gasteiger partial charge < -0.3 is 29.0 Å². The second kappa shape index (κ2) is 18.6. The van der Waals surface area contributed by atoms with Gasteiger partial charge in [0.25, 0.3) is 11.7 Å². The fourth-order valence-electron chi connectivity index (χ4n) is 6.34. The number of Topliss-reactive ketones (excluding diaryl/α,β-unsaturated/α-hetero) is 1. The molecule has 2 amide bonds. The number of ether oxygens (including phenoxy) is 3. The van der Waals surface area contributed by atoms with E-state index in [1.165, 1.54) is 49.5 Å². The number of nitrogens with one attached hydrogen (secondary N) is 1. The molecule has 1 unspecified atom stereocenters. The molecule has 10 heteroatoms. The molecule has 1 N–H and O–H groups in total. The number of benzene rings is 3. The van der Waals surface area contributed by atoms with Crippen LogP contribution in [0.3, 0.4) is 0 Å². The Morgan fingerprint density at radius 1 is 0.840 bits per heavy atom. The molecule has 10 nitrogen and oxygen atoms in total. The topological polar surface area (TPSA) is 112 Å². The minimum absolute atomic E-state index is 0.0733. The first-order valence-corrected chi connectivity index (χ1v) is 17.4. The van der Waals surface area contributed by atoms with E-state index in [4.69, 9.17) is 14.2 Å². The molecule has 50 heavy (non-hydrogen) atoms. The molecule has 5 rings (SSSR count). The Hall–Kier alpha value is -5.12. The van der Waals surface area contributed by atoms with Crippen molar-refractivity contribution in [1.29, 1.82) is 0 Å². The van der Waals surface area contributed by atoms with Gasteiger partial charge in [-0.2, -0.15) is 0 Å². The molecule has 4 aromatic rings. The number of carbonyl (C=O) groups is 3. The molecular weight excluding hydrogens is 632 g/mol. The van der Waals surface area contributed by atoms with Crippen LogP contribution in [-0.2, 0) is 42.4 Å². The lowest BCUT2D eigenvalue weighted by atomic mass is 9.96. The standard InChI is InChI=1S/C38H44N4O6.C2H6/c1-41-25-39-30-23-31(42(24-32(30)41)38(45)35(43)28-21-33(46-2)36(48-4)34(22-28)47-3)37(44)40-29(19-11-17-26-13-7-5-8-14-26)20-12-18-27-15-9-6-10-16-27;1-2/h5-10,13-16,21-22,25,29,31H,11-12,17-20,23-24H2,1-4H3,(H,40,44);1-2H3. The van der Waals surface area contributed by atoms with Gasteiger partial charge in [0.2, 0.25) is 11.7 Å². The summed E-state index contributed by atoms with van der Waals surface area (Å²) in [5.41, 5.74) is 4.11. The van der Waals surface area contributed by atoms with Gasteiger partial charge in [-0.1, -0.05) is 74.5 Å². The van der Waals surface area contributed by atoms with Gasteiger partial charge in [0.05, 0.1) is 45.6 Å². The van der Waals surface area contributed by atoms with Crippen molar-refractivity contribution in [1.82, 2.24) is 19.8 Å². The van der Waals surface area contributed by atoms with Gasteiger partial charge in [-0.05, 0) is 61.8 Å². The zero-order valence-electron chi connectivity index (χ0n) is 30.1. The fourth-order valence-corrected chi connectivity index (χ4v) is 6.34. The van der Waals surface area contributed by atoms with Crippen LogP contribution < -0.4 is 19.5 Å². The molecular formula is C40H50N4O6. The first kappa shape index (κ1) is 37.7. The first-order chi connectivity index (χ1) is 24.3. The van der Waals surface area contributed by atoms with E-state index in [2.05, 4.69) is 34.6 Å². The van der Waals surface area contributed by atoms with Crippen molar-refractivity contribution in [3.63, 3.8) is 0 Å². The van der Waals surface area contributed by atoms with Crippen LogP contribution in [0.1, 0.15) is 72.4 Å². The van der Waals surface area contributed by atoms with Crippen LogP contribution in [0.25, 0.3) is 0 Å². The highest BCUT2D eigenvalue weighted by molar-refractivity contribution is 6.43. The van der Waals surface area contributed by atoms with Gasteiger partial charge in [-0.25, -0.2) is 4.98 Å². The first-order valence-electron chi connectivity index (χ1n) is 17.4. The summed E-state index contributed by atoms with van der Waals surface area (Å²) in [6.07, 6.45) is 7.06. The minimum Gasteiger partial charge on any atom is -0.493 e. The Labute approximate surface area is 295 Å². The lowest BCUT2D eigenvalue weighted by Crippen LogP contribution is -2.56. The average Bonchev–Trinajstić information content (AvgIpc) is 3.53. The summed E-state index contributed by atoms with van der Waals surface area (Å²) < 4.78 is 18.0. The largest absolute Gasteiger partial charge is 0.493 e. The number of hydrogen-bond donors (Lipinski definition) is 1. The number of hydrogen-bond acceptors (Lipinski definition) is 7. The third kappa shape index (κ3) is 9.31. The molecule has 0 saturated carbocycles. The maximum absolute atomic E-state index is 14.1. The number of fused-ring (bicyclic) bond motifs is 1. The summed E-state index contributed by atoms with van der Waals surface area (Å²) in [5, 5.41) is 3.28. The van der Waals surface area contributed by atoms with Crippen molar-refractivity contribution in [2.45, 2.75) is 77.4 Å². The van der Waals surface area contributed by atoms with Crippen LogP contribution in [0.5, 0.6) is 17.2 Å². The molecule has 0 radical (unpaired) electrons. The number of aromatic nitrogens is 2. The molecule has 0 aliphatic carbocycles. The predicted molar refractivity (Wildman–Crippen MR) is 194 cm³/mol. The molecule has 1 atom stereocenters. The smallest absolute Gasteiger partial charge is 0.296 e. The molecule has 0 bridgehead atoms. The Balaban J connectivity index is 0.00000276. The predicted octanol–water partition coefficient (Wildman–Crippen LogP) is 6.14. The molecule has 1 aliphatic heterocycles. The second-order valence-electron chi connectivity index (χ2n) is 12.1. The molecule has 3 aromatic carbocycles. The maximum Gasteiger partial charge on any atom is 0.296 e. The van der Waals surface area contributed by atoms with Crippen LogP contribution in [0, 0.1) is 0 Å². The molecule has 0 saturated heterocycles. The van der Waals surface area contributed by atoms with Crippen LogP contribution in [0.4, 0.5) is 0 Å². The summed E-state index contributed by atoms with van der Waals surface area (Å²) >= 11 is 0. The van der Waals surface area contributed by atoms with E-state index < -0.39 is 17.7 Å². The van der Waals surface area contributed by atoms with Gasteiger partial charge in [-0.3, -0.25) is 14.4 Å². The summed E-state index contributed by atoms with van der Waals surface area (Å²) in [4.78, 5) is 47.8. The third-order valence-corrected chi connectivity index (χ3v) is 8.98. The lowest BCUT2D eigenvalue weighted by molar-refractivity contribution is -0.139. The van der Waals surface area contributed by atoms with Gasteiger partial charge in [0, 0.05) is 25.1 Å². The van der Waals surface area contributed by atoms with Gasteiger partial charge >= 0.3 is 0 Å². The van der Waals surface area contributed by atoms with Crippen molar-refractivity contribution >= 4 is 17.6 Å². The van der Waals surface area contributed by atoms with Crippen molar-refractivity contribution in [2.24, 2.45) is 7.05 Å². The zero-order valence-corrected chi connectivity index (χ0v) is 30.1. The van der Waals surface area contributed by atoms with Gasteiger partial charge in [0.1, 0.15) is 6.04 Å². The quantitative estimate of drug-likeness (QED) is 0.119. The van der Waals surface area contributed by atoms with E-state index in [1.54, 1.807) is 6.33 Å². The fraction of sp³-hybridized carbons (Fsp3) is 0.400. The number of rotatable bonds is 15. The molecule has 0 fully saturated rings. The summed E-state index contributed by atoms with van der Waals surface area (Å²) in [5.74, 6) is -1.04. The van der Waals surface area contributed by atoms with E-state index in [-0.39, 0.29) is 42.0 Å². The SMILES string of the molecule is CC.COc1cc(C(=O)C(=O)N2Cc3c(ncn3C)CC2C(=O)NC(CCCc2ccccc2)CCCc2ccccc2)cc(OC)c1OC. The highest BCUT2D eigenvalue weighted by atomic mass is 16.5. The van der Waals surface area contributed by atoms with E-state index in [1.807, 2.05) is 61.9 Å². The summed E-state index contributed by atoms with van der Waals surface area (Å²) in [7, 11) is 6.19. The number of aryl methyl sites for hydroxylation is 3. The number of ketones is 1. The number of amides is 2. The third-order valence-electron chi connectivity index (χ3n) is 8.98. The molecule has 1 aromatic heterocycles. The van der Waals surface area contributed by atoms with Crippen LogP contribution in [0.15, 0.2) is 79.1 Å². The summed E-state index contributed by atoms with van der Waals surface area (Å²) in [6.45, 7) is 4.07. The zero-order chi connectivity index (χ0) is 36.0. The van der Waals surface area contributed by atoms with Crippen LogP contribution in [-0.4, -0.2) is 65.5 Å². The van der Waals surface area contributed by atoms with Crippen LogP contribution in [0.2, 0.25) is 0 Å². The van der Waals surface area contributed by atoms with E-state index >= 15 is 0 Å². The van der Waals surface area contributed by atoms with Crippen molar-refractivity contribution in [3.8, 4) is 17.2 Å². The van der Waals surface area contributed by atoms with Crippen molar-refractivity contribution < 1.29 is 28.6 Å². The molecule has 2 heterocycles. The van der Waals surface area contributed by atoms with Crippen molar-refractivity contribution in [2.75, 3.05) is 21.3 Å². The Kier molecular flexibility index (Phi) is 14.0. The monoisotopic (exact) mass is 682 g/mol. The highest BCUT2D eigenvalue weighted by Gasteiger charge is 2.40. The van der Waals surface area contributed by atoms with Gasteiger partial charge in [-0.15, -0.1) is 0 Å². The normalized spacial score (nSPS) is 13.5. The Morgan fingerprint density at radius 3 is 1.88 bits per heavy atom. The average molecular weight is 683 g/mol. The highest BCUT2D eigenvalue weighted by Crippen LogP contribution is 2.38. The van der Waals surface area contributed by atoms with E-state index in [9.17, 15) is 14.4 Å². The number of imidazole rings is 1. The van der Waals surface area contributed by atoms with Crippen LogP contribution >= 0.6 is 0 Å². The second-order valence-corrected chi connectivity index (χ2v) is 12.1. The Bertz CT molecular complexity index is 1640. The Morgan fingerprint density at radius 2 is 1.38 bits per heavy atom. The van der Waals surface area contributed by atoms with Crippen molar-refractivity contribution in [3.05, 3.63) is 107 Å². The maximum atomic E-state index is 14.1. The van der Waals surface area contributed by atoms with E-state index in [0.717, 1.165) is 49.9 Å². The van der Waals surface area contributed by atoms with Gasteiger partial charge in [0.15, 0.2) is 11.5 Å². The summed E-state index contributed by atoms with van der Waals surface area (Å²) in [6, 6.07) is 22.5. The molecule has 266 valence electrons. The number of carbonyl (C=O) groups excluding carboxylic acids is 3. The number of methoxy groups -OCH3 is 3. The number of nitrogens with zero attached hydrogens (tertiary/aromatic N) is 3. The molecule has 0 spiro atoms. The minimum atomic E-state index is -0.906. The van der Waals surface area contributed by atoms with E-state index in [0.29, 0.717) is 5.75 Å².